The number of nitrogens with two attached hydrogens (primary N) is 1. The number of aromatic nitrogens is 2. The molecule has 1 aliphatic carbocycles. The summed E-state index contributed by atoms with van der Waals surface area (Å²) in [6, 6.07) is 1.28. The van der Waals surface area contributed by atoms with Crippen LogP contribution in [0.4, 0.5) is 14.6 Å². The molecule has 1 aliphatic rings. The van der Waals surface area contributed by atoms with Crippen LogP contribution >= 0.6 is 0 Å². The molecule has 104 valence electrons. The highest BCUT2D eigenvalue weighted by Crippen LogP contribution is 2.44. The van der Waals surface area contributed by atoms with Gasteiger partial charge in [-0.25, -0.2) is 4.79 Å². The predicted molar refractivity (Wildman–Crippen MR) is 62.5 cm³/mol. The van der Waals surface area contributed by atoms with Gasteiger partial charge in [0.05, 0.1) is 6.10 Å². The van der Waals surface area contributed by atoms with Gasteiger partial charge in [-0.3, -0.25) is 0 Å². The zero-order valence-electron chi connectivity index (χ0n) is 9.81. The summed E-state index contributed by atoms with van der Waals surface area (Å²) in [6.45, 7) is -0.417. The van der Waals surface area contributed by atoms with E-state index in [0.29, 0.717) is 0 Å². The third-order valence-corrected chi connectivity index (χ3v) is 3.29. The molecule has 0 amide bonds. The first-order chi connectivity index (χ1) is 8.93. The van der Waals surface area contributed by atoms with Gasteiger partial charge in [0.25, 0.3) is 6.08 Å². The lowest BCUT2D eigenvalue weighted by molar-refractivity contribution is 0.108. The number of aliphatic hydroxyl groups is 2. The minimum atomic E-state index is -2.01. The molecule has 1 aromatic heterocycles. The van der Waals surface area contributed by atoms with E-state index in [9.17, 15) is 18.7 Å². The molecule has 1 aromatic rings. The van der Waals surface area contributed by atoms with Crippen LogP contribution in [0.15, 0.2) is 22.5 Å². The summed E-state index contributed by atoms with van der Waals surface area (Å²) in [5, 5.41) is 18.8. The Morgan fingerprint density at radius 2 is 2.26 bits per heavy atom. The molecule has 8 heteroatoms. The average molecular weight is 273 g/mol. The van der Waals surface area contributed by atoms with Crippen LogP contribution in [0.2, 0.25) is 0 Å². The minimum Gasteiger partial charge on any atom is -0.396 e. The molecule has 2 rings (SSSR count). The number of aliphatic hydroxyl groups excluding tert-OH is 2. The molecule has 1 saturated carbocycles. The van der Waals surface area contributed by atoms with Crippen LogP contribution in [0.5, 0.6) is 0 Å². The van der Waals surface area contributed by atoms with Crippen molar-refractivity contribution >= 4 is 5.82 Å². The molecule has 3 atom stereocenters. The minimum absolute atomic E-state index is 0.0840. The highest BCUT2D eigenvalue weighted by molar-refractivity contribution is 5.37. The quantitative estimate of drug-likeness (QED) is 0.604. The van der Waals surface area contributed by atoms with Crippen molar-refractivity contribution in [2.24, 2.45) is 5.92 Å². The standard InChI is InChI=1S/C11H13F2N3O3/c12-10(13)8-5(1-4(3-17)9(8)18)6-2-7(14)16-11(19)15-6/h2,4-5,9,17-18H,1,3H2,(H3,14,15,16,19)/t4-,5+,9-/m0/s1. The summed E-state index contributed by atoms with van der Waals surface area (Å²) in [7, 11) is 0. The average Bonchev–Trinajstić information content (AvgIpc) is 2.65. The zero-order valence-corrected chi connectivity index (χ0v) is 9.81. The van der Waals surface area contributed by atoms with E-state index in [-0.39, 0.29) is 17.9 Å². The van der Waals surface area contributed by atoms with Gasteiger partial charge in [-0.2, -0.15) is 13.8 Å². The Hall–Kier alpha value is -1.80. The molecular formula is C11H13F2N3O3. The molecule has 1 fully saturated rings. The number of halogens is 2. The van der Waals surface area contributed by atoms with Crippen LogP contribution in [0.25, 0.3) is 0 Å². The van der Waals surface area contributed by atoms with Crippen LogP contribution in [0, 0.1) is 5.92 Å². The monoisotopic (exact) mass is 273 g/mol. The Morgan fingerprint density at radius 1 is 1.58 bits per heavy atom. The first-order valence-electron chi connectivity index (χ1n) is 5.64. The van der Waals surface area contributed by atoms with Gasteiger partial charge in [0.2, 0.25) is 0 Å². The van der Waals surface area contributed by atoms with Gasteiger partial charge < -0.3 is 20.9 Å². The van der Waals surface area contributed by atoms with E-state index in [1.165, 1.54) is 6.07 Å². The molecule has 0 aromatic carbocycles. The smallest absolute Gasteiger partial charge is 0.347 e. The summed E-state index contributed by atoms with van der Waals surface area (Å²) >= 11 is 0. The zero-order chi connectivity index (χ0) is 14.2. The van der Waals surface area contributed by atoms with E-state index in [1.807, 2.05) is 0 Å². The van der Waals surface area contributed by atoms with Crippen molar-refractivity contribution < 1.29 is 19.0 Å². The Bertz CT molecular complexity index is 569. The van der Waals surface area contributed by atoms with Crippen LogP contribution in [0.3, 0.4) is 0 Å². The van der Waals surface area contributed by atoms with Gasteiger partial charge >= 0.3 is 5.69 Å². The van der Waals surface area contributed by atoms with Gasteiger partial charge in [0, 0.05) is 35.8 Å². The van der Waals surface area contributed by atoms with Crippen molar-refractivity contribution in [2.45, 2.75) is 18.4 Å². The number of anilines is 1. The molecule has 0 aliphatic heterocycles. The summed E-state index contributed by atoms with van der Waals surface area (Å²) in [4.78, 5) is 16.9. The highest BCUT2D eigenvalue weighted by atomic mass is 19.3. The van der Waals surface area contributed by atoms with Gasteiger partial charge in [0.1, 0.15) is 5.82 Å². The van der Waals surface area contributed by atoms with Crippen molar-refractivity contribution in [2.75, 3.05) is 12.3 Å². The summed E-state index contributed by atoms with van der Waals surface area (Å²) in [5.74, 6) is -1.66. The predicted octanol–water partition coefficient (Wildman–Crippen LogP) is -0.0406. The molecule has 0 bridgehead atoms. The van der Waals surface area contributed by atoms with Gasteiger partial charge in [-0.05, 0) is 6.42 Å². The number of nitrogens with one attached hydrogen (secondary N) is 1. The molecule has 5 N–H and O–H groups in total. The van der Waals surface area contributed by atoms with Crippen LogP contribution in [-0.2, 0) is 0 Å². The largest absolute Gasteiger partial charge is 0.396 e. The summed E-state index contributed by atoms with van der Waals surface area (Å²) < 4.78 is 25.9. The van der Waals surface area contributed by atoms with E-state index < -0.39 is 41.9 Å². The van der Waals surface area contributed by atoms with Gasteiger partial charge in [0.15, 0.2) is 0 Å². The number of rotatable bonds is 2. The Labute approximate surface area is 106 Å². The van der Waals surface area contributed by atoms with Crippen molar-refractivity contribution in [3.63, 3.8) is 0 Å². The number of nitrogens with zero attached hydrogens (tertiary/aromatic N) is 1. The third kappa shape index (κ3) is 2.49. The van der Waals surface area contributed by atoms with Gasteiger partial charge in [-0.15, -0.1) is 0 Å². The van der Waals surface area contributed by atoms with Crippen LogP contribution in [-0.4, -0.2) is 32.9 Å². The van der Waals surface area contributed by atoms with E-state index in [4.69, 9.17) is 10.8 Å². The molecule has 6 nitrogen and oxygen atoms in total. The Morgan fingerprint density at radius 3 is 2.79 bits per heavy atom. The van der Waals surface area contributed by atoms with Crippen molar-refractivity contribution in [3.05, 3.63) is 33.9 Å². The van der Waals surface area contributed by atoms with Crippen molar-refractivity contribution in [1.82, 2.24) is 9.97 Å². The van der Waals surface area contributed by atoms with E-state index >= 15 is 0 Å². The number of aromatic amines is 1. The lowest BCUT2D eigenvalue weighted by atomic mass is 9.98. The fraction of sp³-hybridized carbons (Fsp3) is 0.455. The lowest BCUT2D eigenvalue weighted by Crippen LogP contribution is -2.19. The van der Waals surface area contributed by atoms with Crippen molar-refractivity contribution in [3.8, 4) is 0 Å². The molecule has 1 heterocycles. The fourth-order valence-electron chi connectivity index (χ4n) is 2.42. The summed E-state index contributed by atoms with van der Waals surface area (Å²) in [5.41, 5.74) is 4.34. The topological polar surface area (TPSA) is 112 Å². The SMILES string of the molecule is Nc1cc([C@H]2C[C@@H](CO)[C@H](O)C2=C(F)F)[nH]c(=O)n1. The second-order valence-electron chi connectivity index (χ2n) is 4.46. The van der Waals surface area contributed by atoms with Crippen LogP contribution < -0.4 is 11.4 Å². The Kier molecular flexibility index (Phi) is 3.63. The maximum atomic E-state index is 12.9. The first kappa shape index (κ1) is 13.6. The molecule has 0 unspecified atom stereocenters. The molecule has 0 spiro atoms. The molecule has 0 saturated heterocycles. The second-order valence-corrected chi connectivity index (χ2v) is 4.46. The Balaban J connectivity index is 2.48. The number of hydrogen-bond acceptors (Lipinski definition) is 5. The number of nitrogen functional groups attached to an aromatic ring is 1. The number of H-pyrrole nitrogens is 1. The molecular weight excluding hydrogens is 260 g/mol. The molecule has 0 radical (unpaired) electrons. The highest BCUT2D eigenvalue weighted by Gasteiger charge is 2.41. The van der Waals surface area contributed by atoms with E-state index in [0.717, 1.165) is 0 Å². The lowest BCUT2D eigenvalue weighted by Gasteiger charge is -2.12. The van der Waals surface area contributed by atoms with E-state index in [1.54, 1.807) is 0 Å². The summed E-state index contributed by atoms with van der Waals surface area (Å²) in [6.07, 6.45) is -3.34. The third-order valence-electron chi connectivity index (χ3n) is 3.29. The van der Waals surface area contributed by atoms with Crippen molar-refractivity contribution in [1.29, 1.82) is 0 Å². The van der Waals surface area contributed by atoms with Crippen LogP contribution in [0.1, 0.15) is 18.0 Å². The second kappa shape index (κ2) is 5.06. The molecule has 19 heavy (non-hydrogen) atoms. The normalized spacial score (nSPS) is 26.7. The van der Waals surface area contributed by atoms with Gasteiger partial charge in [-0.1, -0.05) is 0 Å². The fourth-order valence-corrected chi connectivity index (χ4v) is 2.42. The first-order valence-corrected chi connectivity index (χ1v) is 5.64. The maximum absolute atomic E-state index is 12.9. The number of hydrogen-bond donors (Lipinski definition) is 4. The maximum Gasteiger partial charge on any atom is 0.347 e. The van der Waals surface area contributed by atoms with E-state index in [2.05, 4.69) is 9.97 Å².